The van der Waals surface area contributed by atoms with Crippen LogP contribution in [-0.4, -0.2) is 39.8 Å². The molecule has 0 saturated heterocycles. The molecule has 1 N–H and O–H groups in total. The lowest BCUT2D eigenvalue weighted by Crippen LogP contribution is -2.10. The highest BCUT2D eigenvalue weighted by molar-refractivity contribution is 5.88. The fourth-order valence-corrected chi connectivity index (χ4v) is 1.98. The normalized spacial score (nSPS) is 10.7. The average molecular weight is 269 g/mol. The second-order valence-corrected chi connectivity index (χ2v) is 4.49. The average Bonchev–Trinajstić information content (AvgIpc) is 2.81. The van der Waals surface area contributed by atoms with E-state index in [0.717, 1.165) is 50.8 Å². The van der Waals surface area contributed by atoms with Crippen molar-refractivity contribution in [1.29, 1.82) is 0 Å². The highest BCUT2D eigenvalue weighted by Crippen LogP contribution is 2.11. The van der Waals surface area contributed by atoms with Crippen LogP contribution in [0.4, 0.5) is 0 Å². The van der Waals surface area contributed by atoms with Crippen LogP contribution in [0.1, 0.15) is 55.2 Å². The maximum absolute atomic E-state index is 11.6. The van der Waals surface area contributed by atoms with Crippen molar-refractivity contribution in [2.75, 3.05) is 13.7 Å². The highest BCUT2D eigenvalue weighted by Gasteiger charge is 2.19. The zero-order valence-electron chi connectivity index (χ0n) is 11.8. The summed E-state index contributed by atoms with van der Waals surface area (Å²) in [5, 5.41) is 16.7. The Morgan fingerprint density at radius 3 is 2.68 bits per heavy atom. The molecule has 0 saturated carbocycles. The number of hydrogen-bond donors (Lipinski definition) is 1. The first-order chi connectivity index (χ1) is 9.24. The Morgan fingerprint density at radius 1 is 1.32 bits per heavy atom. The number of aromatic nitrogens is 3. The largest absolute Gasteiger partial charge is 0.464 e. The molecule has 108 valence electrons. The van der Waals surface area contributed by atoms with Crippen LogP contribution in [-0.2, 0) is 17.7 Å². The van der Waals surface area contributed by atoms with Crippen molar-refractivity contribution in [3.8, 4) is 0 Å². The first kappa shape index (κ1) is 15.6. The van der Waals surface area contributed by atoms with E-state index in [4.69, 9.17) is 9.84 Å². The van der Waals surface area contributed by atoms with Gasteiger partial charge in [-0.15, -0.1) is 5.10 Å². The molecule has 1 aromatic rings. The number of esters is 1. The molecule has 0 atom stereocenters. The number of carbonyl (C=O) groups is 1. The van der Waals surface area contributed by atoms with Gasteiger partial charge in [0.2, 0.25) is 0 Å². The number of carbonyl (C=O) groups excluding carboxylic acids is 1. The summed E-state index contributed by atoms with van der Waals surface area (Å²) in [6.45, 7) is 3.06. The van der Waals surface area contributed by atoms with Gasteiger partial charge in [-0.2, -0.15) is 0 Å². The number of methoxy groups -OCH3 is 1. The maximum atomic E-state index is 11.6. The summed E-state index contributed by atoms with van der Waals surface area (Å²) in [7, 11) is 1.35. The van der Waals surface area contributed by atoms with E-state index < -0.39 is 5.97 Å². The van der Waals surface area contributed by atoms with E-state index in [1.54, 1.807) is 4.68 Å². The van der Waals surface area contributed by atoms with Gasteiger partial charge in [-0.1, -0.05) is 31.4 Å². The molecule has 0 fully saturated rings. The molecule has 0 aromatic carbocycles. The zero-order chi connectivity index (χ0) is 14.1. The number of unbranched alkanes of at least 4 members (excludes halogenated alkanes) is 3. The predicted octanol–water partition coefficient (Wildman–Crippen LogP) is 1.57. The summed E-state index contributed by atoms with van der Waals surface area (Å²) >= 11 is 0. The summed E-state index contributed by atoms with van der Waals surface area (Å²) in [5.41, 5.74) is 1.19. The minimum atomic E-state index is -0.421. The molecule has 0 amide bonds. The molecule has 6 nitrogen and oxygen atoms in total. The molecule has 0 bridgehead atoms. The molecular weight excluding hydrogens is 246 g/mol. The minimum Gasteiger partial charge on any atom is -0.464 e. The summed E-state index contributed by atoms with van der Waals surface area (Å²) in [4.78, 5) is 11.6. The molecule has 0 aliphatic carbocycles. The van der Waals surface area contributed by atoms with Gasteiger partial charge in [-0.05, 0) is 19.3 Å². The van der Waals surface area contributed by atoms with Crippen LogP contribution in [0.3, 0.4) is 0 Å². The van der Waals surface area contributed by atoms with Gasteiger partial charge in [0, 0.05) is 13.2 Å². The summed E-state index contributed by atoms with van der Waals surface area (Å²) < 4.78 is 6.51. The number of aryl methyl sites for hydroxylation is 1. The van der Waals surface area contributed by atoms with Gasteiger partial charge in [0.15, 0.2) is 5.69 Å². The van der Waals surface area contributed by atoms with Gasteiger partial charge >= 0.3 is 5.97 Å². The van der Waals surface area contributed by atoms with Gasteiger partial charge < -0.3 is 9.84 Å². The Morgan fingerprint density at radius 2 is 2.05 bits per heavy atom. The van der Waals surface area contributed by atoms with Crippen molar-refractivity contribution in [2.45, 2.75) is 52.0 Å². The van der Waals surface area contributed by atoms with Crippen LogP contribution in [0.15, 0.2) is 0 Å². The number of aliphatic hydroxyl groups is 1. The van der Waals surface area contributed by atoms with E-state index in [2.05, 4.69) is 17.2 Å². The predicted molar refractivity (Wildman–Crippen MR) is 70.9 cm³/mol. The molecule has 0 unspecified atom stereocenters. The van der Waals surface area contributed by atoms with Crippen molar-refractivity contribution in [2.24, 2.45) is 0 Å². The molecule has 0 radical (unpaired) electrons. The summed E-state index contributed by atoms with van der Waals surface area (Å²) in [5.74, 6) is -0.421. The minimum absolute atomic E-state index is 0.247. The van der Waals surface area contributed by atoms with Crippen LogP contribution < -0.4 is 0 Å². The third-order valence-electron chi connectivity index (χ3n) is 2.98. The number of rotatable bonds is 9. The molecular formula is C13H23N3O3. The smallest absolute Gasteiger partial charge is 0.360 e. The topological polar surface area (TPSA) is 77.2 Å². The number of nitrogens with zero attached hydrogens (tertiary/aromatic N) is 3. The molecule has 0 aliphatic heterocycles. The third kappa shape index (κ3) is 4.63. The van der Waals surface area contributed by atoms with Crippen LogP contribution in [0.25, 0.3) is 0 Å². The zero-order valence-corrected chi connectivity index (χ0v) is 11.8. The fraction of sp³-hybridized carbons (Fsp3) is 0.769. The van der Waals surface area contributed by atoms with E-state index in [9.17, 15) is 4.79 Å². The van der Waals surface area contributed by atoms with Crippen molar-refractivity contribution >= 4 is 5.97 Å². The van der Waals surface area contributed by atoms with Gasteiger partial charge in [0.05, 0.1) is 12.8 Å². The van der Waals surface area contributed by atoms with E-state index in [-0.39, 0.29) is 6.61 Å². The number of hydrogen-bond acceptors (Lipinski definition) is 5. The van der Waals surface area contributed by atoms with Gasteiger partial charge in [0.25, 0.3) is 0 Å². The number of ether oxygens (including phenoxy) is 1. The second kappa shape index (κ2) is 8.63. The van der Waals surface area contributed by atoms with Crippen molar-refractivity contribution in [1.82, 2.24) is 15.0 Å². The monoisotopic (exact) mass is 269 g/mol. The fourth-order valence-electron chi connectivity index (χ4n) is 1.98. The molecule has 0 aliphatic rings. The molecule has 19 heavy (non-hydrogen) atoms. The lowest BCUT2D eigenvalue weighted by molar-refractivity contribution is 0.0592. The van der Waals surface area contributed by atoms with Gasteiger partial charge in [-0.3, -0.25) is 0 Å². The molecule has 1 heterocycles. The van der Waals surface area contributed by atoms with Crippen LogP contribution in [0.2, 0.25) is 0 Å². The van der Waals surface area contributed by atoms with E-state index in [1.807, 2.05) is 0 Å². The Hall–Kier alpha value is -1.43. The SMILES string of the molecule is CCCc1c(C(=O)OC)nnn1CCCCCCO. The van der Waals surface area contributed by atoms with Crippen LogP contribution in [0.5, 0.6) is 0 Å². The van der Waals surface area contributed by atoms with E-state index in [1.165, 1.54) is 7.11 Å². The van der Waals surface area contributed by atoms with E-state index in [0.29, 0.717) is 5.69 Å². The van der Waals surface area contributed by atoms with Crippen LogP contribution in [0, 0.1) is 0 Å². The Bertz CT molecular complexity index is 390. The standard InChI is InChI=1S/C13H23N3O3/c1-3-8-11-12(13(18)19-2)14-15-16(11)9-6-4-5-7-10-17/h17H,3-10H2,1-2H3. The molecule has 0 spiro atoms. The molecule has 1 rings (SSSR count). The van der Waals surface area contributed by atoms with Crippen molar-refractivity contribution in [3.05, 3.63) is 11.4 Å². The lowest BCUT2D eigenvalue weighted by atomic mass is 10.2. The summed E-state index contributed by atoms with van der Waals surface area (Å²) in [6.07, 6.45) is 5.57. The second-order valence-electron chi connectivity index (χ2n) is 4.49. The van der Waals surface area contributed by atoms with Gasteiger partial charge in [0.1, 0.15) is 0 Å². The Kier molecular flexibility index (Phi) is 7.10. The van der Waals surface area contributed by atoms with Gasteiger partial charge in [-0.25, -0.2) is 9.48 Å². The maximum Gasteiger partial charge on any atom is 0.360 e. The quantitative estimate of drug-likeness (QED) is 0.544. The first-order valence-electron chi connectivity index (χ1n) is 6.86. The Labute approximate surface area is 113 Å². The Balaban J connectivity index is 2.61. The highest BCUT2D eigenvalue weighted by atomic mass is 16.5. The molecule has 1 aromatic heterocycles. The van der Waals surface area contributed by atoms with Crippen molar-refractivity contribution < 1.29 is 14.6 Å². The molecule has 6 heteroatoms. The third-order valence-corrected chi connectivity index (χ3v) is 2.98. The van der Waals surface area contributed by atoms with Crippen molar-refractivity contribution in [3.63, 3.8) is 0 Å². The summed E-state index contributed by atoms with van der Waals surface area (Å²) in [6, 6.07) is 0. The lowest BCUT2D eigenvalue weighted by Gasteiger charge is -2.06. The first-order valence-corrected chi connectivity index (χ1v) is 6.86. The van der Waals surface area contributed by atoms with Crippen LogP contribution >= 0.6 is 0 Å². The number of aliphatic hydroxyl groups excluding tert-OH is 1. The van der Waals surface area contributed by atoms with E-state index >= 15 is 0 Å².